The monoisotopic (exact) mass is 322 g/mol. The van der Waals surface area contributed by atoms with Crippen LogP contribution in [0.15, 0.2) is 48.9 Å². The van der Waals surface area contributed by atoms with Crippen molar-refractivity contribution in [2.45, 2.75) is 19.8 Å². The Morgan fingerprint density at radius 1 is 1.25 bits per heavy atom. The number of nitrogens with zero attached hydrogens (tertiary/aromatic N) is 4. The first-order valence-corrected chi connectivity index (χ1v) is 7.74. The molecule has 0 N–H and O–H groups in total. The third-order valence-electron chi connectivity index (χ3n) is 3.53. The zero-order valence-electron chi connectivity index (χ0n) is 13.6. The number of fused-ring (bicyclic) bond motifs is 1. The van der Waals surface area contributed by atoms with Gasteiger partial charge in [0.05, 0.1) is 11.3 Å². The van der Waals surface area contributed by atoms with Crippen LogP contribution in [-0.4, -0.2) is 32.2 Å². The summed E-state index contributed by atoms with van der Waals surface area (Å²) in [6, 6.07) is 9.84. The van der Waals surface area contributed by atoms with Gasteiger partial charge < -0.3 is 4.74 Å². The number of hydrogen-bond acceptors (Lipinski definition) is 5. The topological polar surface area (TPSA) is 69.4 Å². The minimum atomic E-state index is -0.415. The molecular formula is C18H18N4O2. The summed E-state index contributed by atoms with van der Waals surface area (Å²) in [5.74, 6) is 0.139. The molecule has 0 saturated carbocycles. The van der Waals surface area contributed by atoms with Crippen molar-refractivity contribution in [3.8, 4) is 0 Å². The van der Waals surface area contributed by atoms with Gasteiger partial charge in [-0.3, -0.25) is 0 Å². The Kier molecular flexibility index (Phi) is 4.65. The van der Waals surface area contributed by atoms with Crippen LogP contribution in [0.2, 0.25) is 0 Å². The molecule has 0 amide bonds. The Bertz CT molecular complexity index is 869. The molecule has 0 bridgehead atoms. The molecule has 0 unspecified atom stereocenters. The van der Waals surface area contributed by atoms with Gasteiger partial charge in [0.1, 0.15) is 12.9 Å². The maximum Gasteiger partial charge on any atom is 0.341 e. The van der Waals surface area contributed by atoms with E-state index >= 15 is 0 Å². The van der Waals surface area contributed by atoms with Gasteiger partial charge in [-0.05, 0) is 17.6 Å². The molecule has 2 heterocycles. The molecule has 0 fully saturated rings. The lowest BCUT2D eigenvalue weighted by Gasteiger charge is -2.12. The second kappa shape index (κ2) is 7.04. The van der Waals surface area contributed by atoms with Crippen LogP contribution in [0.1, 0.15) is 41.4 Å². The smallest absolute Gasteiger partial charge is 0.341 e. The Morgan fingerprint density at radius 2 is 2.04 bits per heavy atom. The Hall–Kier alpha value is -3.02. The fourth-order valence-corrected chi connectivity index (χ4v) is 2.46. The highest BCUT2D eigenvalue weighted by molar-refractivity contribution is 5.90. The molecule has 6 heteroatoms. The van der Waals surface area contributed by atoms with Gasteiger partial charge >= 0.3 is 5.97 Å². The van der Waals surface area contributed by atoms with Gasteiger partial charge in [-0.2, -0.15) is 10.1 Å². The summed E-state index contributed by atoms with van der Waals surface area (Å²) >= 11 is 0. The second-order valence-electron chi connectivity index (χ2n) is 5.60. The number of carbonyl (C=O) groups is 1. The van der Waals surface area contributed by atoms with Gasteiger partial charge in [-0.15, -0.1) is 0 Å². The normalized spacial score (nSPS) is 11.5. The maximum absolute atomic E-state index is 12.4. The number of ether oxygens (including phenoxy) is 1. The SMILES string of the molecule is CC(C)c1c(C(=O)OCC=Cc2ccccc2)cnc2ncnn12. The van der Waals surface area contributed by atoms with Crippen molar-refractivity contribution in [3.63, 3.8) is 0 Å². The van der Waals surface area contributed by atoms with Crippen molar-refractivity contribution in [3.05, 3.63) is 65.8 Å². The summed E-state index contributed by atoms with van der Waals surface area (Å²) in [6.07, 6.45) is 6.65. The quantitative estimate of drug-likeness (QED) is 0.675. The Balaban J connectivity index is 1.74. The van der Waals surface area contributed by atoms with Crippen molar-refractivity contribution in [2.24, 2.45) is 0 Å². The van der Waals surface area contributed by atoms with Crippen molar-refractivity contribution in [1.82, 2.24) is 19.6 Å². The minimum absolute atomic E-state index is 0.0830. The molecule has 0 radical (unpaired) electrons. The number of hydrogen-bond donors (Lipinski definition) is 0. The van der Waals surface area contributed by atoms with E-state index in [9.17, 15) is 4.79 Å². The van der Waals surface area contributed by atoms with Gasteiger partial charge in [0, 0.05) is 6.20 Å². The number of carbonyl (C=O) groups excluding carboxylic acids is 1. The highest BCUT2D eigenvalue weighted by Gasteiger charge is 2.20. The highest BCUT2D eigenvalue weighted by Crippen LogP contribution is 2.19. The fraction of sp³-hybridized carbons (Fsp3) is 0.222. The summed E-state index contributed by atoms with van der Waals surface area (Å²) in [6.45, 7) is 4.17. The van der Waals surface area contributed by atoms with E-state index in [1.807, 2.05) is 56.3 Å². The van der Waals surface area contributed by atoms with Crippen LogP contribution in [0, 0.1) is 0 Å². The van der Waals surface area contributed by atoms with Crippen molar-refractivity contribution >= 4 is 17.8 Å². The molecular weight excluding hydrogens is 304 g/mol. The molecule has 6 nitrogen and oxygen atoms in total. The van der Waals surface area contributed by atoms with Crippen LogP contribution < -0.4 is 0 Å². The highest BCUT2D eigenvalue weighted by atomic mass is 16.5. The van der Waals surface area contributed by atoms with E-state index in [0.29, 0.717) is 11.3 Å². The average Bonchev–Trinajstić information content (AvgIpc) is 3.07. The molecule has 1 aromatic carbocycles. The molecule has 0 aliphatic carbocycles. The first kappa shape index (κ1) is 15.9. The summed E-state index contributed by atoms with van der Waals surface area (Å²) in [4.78, 5) is 20.6. The first-order chi connectivity index (χ1) is 11.7. The van der Waals surface area contributed by atoms with Crippen LogP contribution in [0.4, 0.5) is 0 Å². The summed E-state index contributed by atoms with van der Waals surface area (Å²) in [7, 11) is 0. The van der Waals surface area contributed by atoms with Gasteiger partial charge in [-0.1, -0.05) is 50.3 Å². The molecule has 0 atom stereocenters. The van der Waals surface area contributed by atoms with E-state index < -0.39 is 5.97 Å². The third kappa shape index (κ3) is 3.32. The molecule has 0 saturated heterocycles. The fourth-order valence-electron chi connectivity index (χ4n) is 2.46. The Labute approximate surface area is 139 Å². The molecule has 0 spiro atoms. The van der Waals surface area contributed by atoms with Crippen LogP contribution in [0.5, 0.6) is 0 Å². The van der Waals surface area contributed by atoms with Gasteiger partial charge in [0.2, 0.25) is 0 Å². The predicted octanol–water partition coefficient (Wildman–Crippen LogP) is 3.12. The average molecular weight is 322 g/mol. The summed E-state index contributed by atoms with van der Waals surface area (Å²) < 4.78 is 6.92. The number of esters is 1. The maximum atomic E-state index is 12.4. The van der Waals surface area contributed by atoms with Crippen molar-refractivity contribution < 1.29 is 9.53 Å². The van der Waals surface area contributed by atoms with E-state index in [4.69, 9.17) is 4.74 Å². The molecule has 24 heavy (non-hydrogen) atoms. The van der Waals surface area contributed by atoms with Crippen LogP contribution in [-0.2, 0) is 4.74 Å². The first-order valence-electron chi connectivity index (χ1n) is 7.74. The van der Waals surface area contributed by atoms with Crippen molar-refractivity contribution in [1.29, 1.82) is 0 Å². The molecule has 2 aromatic heterocycles. The van der Waals surface area contributed by atoms with E-state index in [-0.39, 0.29) is 12.5 Å². The second-order valence-corrected chi connectivity index (χ2v) is 5.60. The Morgan fingerprint density at radius 3 is 2.79 bits per heavy atom. The molecule has 122 valence electrons. The van der Waals surface area contributed by atoms with Gasteiger partial charge in [0.25, 0.3) is 5.78 Å². The predicted molar refractivity (Wildman–Crippen MR) is 90.6 cm³/mol. The van der Waals surface area contributed by atoms with E-state index in [2.05, 4.69) is 15.1 Å². The van der Waals surface area contributed by atoms with E-state index in [1.165, 1.54) is 12.5 Å². The van der Waals surface area contributed by atoms with Crippen LogP contribution >= 0.6 is 0 Å². The number of aromatic nitrogens is 4. The minimum Gasteiger partial charge on any atom is -0.458 e. The van der Waals surface area contributed by atoms with E-state index in [0.717, 1.165) is 11.3 Å². The number of rotatable bonds is 5. The van der Waals surface area contributed by atoms with Crippen molar-refractivity contribution in [2.75, 3.05) is 6.61 Å². The largest absolute Gasteiger partial charge is 0.458 e. The van der Waals surface area contributed by atoms with Gasteiger partial charge in [-0.25, -0.2) is 14.3 Å². The summed E-state index contributed by atoms with van der Waals surface area (Å²) in [5.41, 5.74) is 2.22. The third-order valence-corrected chi connectivity index (χ3v) is 3.53. The molecule has 0 aliphatic heterocycles. The molecule has 0 aliphatic rings. The molecule has 3 rings (SSSR count). The standard InChI is InChI=1S/C18H18N4O2/c1-13(2)16-15(11-19-18-20-12-21-22(16)18)17(23)24-10-6-9-14-7-4-3-5-8-14/h3-9,11-13H,10H2,1-2H3. The lowest BCUT2D eigenvalue weighted by molar-refractivity contribution is 0.0547. The zero-order chi connectivity index (χ0) is 16.9. The lowest BCUT2D eigenvalue weighted by atomic mass is 10.1. The lowest BCUT2D eigenvalue weighted by Crippen LogP contribution is -2.14. The van der Waals surface area contributed by atoms with E-state index in [1.54, 1.807) is 4.52 Å². The summed E-state index contributed by atoms with van der Waals surface area (Å²) in [5, 5.41) is 4.14. The zero-order valence-corrected chi connectivity index (χ0v) is 13.6. The van der Waals surface area contributed by atoms with Crippen LogP contribution in [0.3, 0.4) is 0 Å². The molecule has 3 aromatic rings. The number of benzene rings is 1. The van der Waals surface area contributed by atoms with Gasteiger partial charge in [0.15, 0.2) is 0 Å². The van der Waals surface area contributed by atoms with Crippen LogP contribution in [0.25, 0.3) is 11.9 Å².